The molecule has 0 fully saturated rings. The first-order valence-corrected chi connectivity index (χ1v) is 12.4. The molecule has 0 radical (unpaired) electrons. The van der Waals surface area contributed by atoms with Gasteiger partial charge in [0.05, 0.1) is 32.5 Å². The maximum absolute atomic E-state index is 14.0. The average Bonchev–Trinajstić information content (AvgIpc) is 3.58. The van der Waals surface area contributed by atoms with Crippen molar-refractivity contribution in [2.24, 2.45) is 0 Å². The largest absolute Gasteiger partial charge is 0.493 e. The molecule has 38 heavy (non-hydrogen) atoms. The number of nitrogens with one attached hydrogen (secondary N) is 1. The number of carbonyl (C=O) groups excluding carboxylic acids is 2. The lowest BCUT2D eigenvalue weighted by Gasteiger charge is -2.35. The van der Waals surface area contributed by atoms with E-state index < -0.39 is 11.6 Å². The number of carbonyl (C=O) groups is 2. The summed E-state index contributed by atoms with van der Waals surface area (Å²) >= 11 is 0. The van der Waals surface area contributed by atoms with Gasteiger partial charge in [-0.15, -0.1) is 5.10 Å². The zero-order chi connectivity index (χ0) is 27.3. The second-order valence-corrected chi connectivity index (χ2v) is 9.55. The predicted octanol–water partition coefficient (Wildman–Crippen LogP) is 4.12. The molecule has 0 spiro atoms. The Balaban J connectivity index is 1.82. The van der Waals surface area contributed by atoms with Gasteiger partial charge in [0.1, 0.15) is 23.9 Å². The third kappa shape index (κ3) is 5.64. The number of hydrogen-bond acceptors (Lipinski definition) is 7. The molecular weight excluding hydrogens is 486 g/mol. The highest BCUT2D eigenvalue weighted by atomic mass is 16.5. The highest BCUT2D eigenvalue weighted by Gasteiger charge is 2.37. The van der Waals surface area contributed by atoms with Gasteiger partial charge in [0.15, 0.2) is 11.5 Å². The van der Waals surface area contributed by atoms with Crippen LogP contribution in [0.2, 0.25) is 0 Å². The third-order valence-corrected chi connectivity index (χ3v) is 6.57. The maximum atomic E-state index is 14.0. The molecule has 0 aliphatic heterocycles. The Morgan fingerprint density at radius 2 is 1.87 bits per heavy atom. The van der Waals surface area contributed by atoms with Crippen LogP contribution in [0.15, 0.2) is 65.3 Å². The zero-order valence-electron chi connectivity index (χ0n) is 22.3. The number of amides is 2. The van der Waals surface area contributed by atoms with Gasteiger partial charge >= 0.3 is 0 Å². The van der Waals surface area contributed by atoms with E-state index in [0.717, 1.165) is 0 Å². The van der Waals surface area contributed by atoms with Gasteiger partial charge in [-0.3, -0.25) is 9.59 Å². The van der Waals surface area contributed by atoms with E-state index in [0.29, 0.717) is 40.3 Å². The Labute approximate surface area is 221 Å². The molecule has 0 unspecified atom stereocenters. The lowest BCUT2D eigenvalue weighted by molar-refractivity contribution is -0.143. The number of ether oxygens (including phenoxy) is 2. The summed E-state index contributed by atoms with van der Waals surface area (Å²) in [5.74, 6) is 0.637. The molecule has 2 aromatic heterocycles. The van der Waals surface area contributed by atoms with E-state index in [4.69, 9.17) is 13.9 Å². The van der Waals surface area contributed by atoms with Gasteiger partial charge in [-0.1, -0.05) is 36.4 Å². The monoisotopic (exact) mass is 519 g/mol. The fourth-order valence-corrected chi connectivity index (χ4v) is 4.22. The Bertz CT molecular complexity index is 1400. The standard InChI is InChI=1S/C28H33N5O5/c1-6-28(2,3)29-27(35)25(20-12-9-15-23(36-4)26(20)37-5)32(17-19-11-10-16-38-19)24(34)18-33-22-14-8-7-13-21(22)30-31-33/h7-16,25H,6,17-18H2,1-5H3,(H,29,35)/t25-/m0/s1. The van der Waals surface area contributed by atoms with Gasteiger partial charge in [0, 0.05) is 11.1 Å². The van der Waals surface area contributed by atoms with Crippen molar-refractivity contribution >= 4 is 22.8 Å². The lowest BCUT2D eigenvalue weighted by Crippen LogP contribution is -2.50. The van der Waals surface area contributed by atoms with Crippen molar-refractivity contribution in [1.82, 2.24) is 25.2 Å². The predicted molar refractivity (Wildman–Crippen MR) is 142 cm³/mol. The van der Waals surface area contributed by atoms with Gasteiger partial charge in [-0.25, -0.2) is 4.68 Å². The maximum Gasteiger partial charge on any atom is 0.248 e. The Morgan fingerprint density at radius 1 is 1.08 bits per heavy atom. The van der Waals surface area contributed by atoms with E-state index in [2.05, 4.69) is 15.6 Å². The van der Waals surface area contributed by atoms with Crippen LogP contribution >= 0.6 is 0 Å². The van der Waals surface area contributed by atoms with Crippen LogP contribution < -0.4 is 14.8 Å². The molecule has 0 saturated heterocycles. The molecule has 0 aliphatic rings. The normalized spacial score (nSPS) is 12.2. The molecule has 2 aromatic carbocycles. The van der Waals surface area contributed by atoms with Crippen molar-refractivity contribution in [3.8, 4) is 11.5 Å². The van der Waals surface area contributed by atoms with Gasteiger partial charge in [0.2, 0.25) is 11.8 Å². The topological polar surface area (TPSA) is 112 Å². The van der Waals surface area contributed by atoms with E-state index in [9.17, 15) is 9.59 Å². The van der Waals surface area contributed by atoms with Crippen molar-refractivity contribution in [2.45, 2.75) is 51.9 Å². The summed E-state index contributed by atoms with van der Waals surface area (Å²) in [7, 11) is 3.03. The van der Waals surface area contributed by atoms with E-state index in [1.54, 1.807) is 30.3 Å². The molecule has 0 bridgehead atoms. The summed E-state index contributed by atoms with van der Waals surface area (Å²) < 4.78 is 18.3. The van der Waals surface area contributed by atoms with Crippen LogP contribution in [0.5, 0.6) is 11.5 Å². The van der Waals surface area contributed by atoms with Crippen LogP contribution in [0.3, 0.4) is 0 Å². The highest BCUT2D eigenvalue weighted by Crippen LogP contribution is 2.38. The van der Waals surface area contributed by atoms with Crippen LogP contribution in [0.25, 0.3) is 11.0 Å². The number of fused-ring (bicyclic) bond motifs is 1. The van der Waals surface area contributed by atoms with E-state index in [1.165, 1.54) is 30.1 Å². The molecule has 200 valence electrons. The first kappa shape index (κ1) is 26.7. The third-order valence-electron chi connectivity index (χ3n) is 6.57. The van der Waals surface area contributed by atoms with Gasteiger partial charge < -0.3 is 24.1 Å². The molecular formula is C28H33N5O5. The Hall–Kier alpha value is -4.34. The molecule has 4 aromatic rings. The van der Waals surface area contributed by atoms with Crippen LogP contribution in [0, 0.1) is 0 Å². The summed E-state index contributed by atoms with van der Waals surface area (Å²) in [6.07, 6.45) is 2.22. The number of hydrogen-bond donors (Lipinski definition) is 1. The molecule has 4 rings (SSSR count). The smallest absolute Gasteiger partial charge is 0.248 e. The van der Waals surface area contributed by atoms with Crippen LogP contribution in [-0.4, -0.2) is 51.5 Å². The molecule has 10 nitrogen and oxygen atoms in total. The van der Waals surface area contributed by atoms with Gasteiger partial charge in [0.25, 0.3) is 0 Å². The van der Waals surface area contributed by atoms with Crippen molar-refractivity contribution < 1.29 is 23.5 Å². The van der Waals surface area contributed by atoms with Crippen LogP contribution in [-0.2, 0) is 22.7 Å². The second-order valence-electron chi connectivity index (χ2n) is 9.55. The first-order chi connectivity index (χ1) is 18.3. The van der Waals surface area contributed by atoms with E-state index >= 15 is 0 Å². The Morgan fingerprint density at radius 3 is 2.55 bits per heavy atom. The van der Waals surface area contributed by atoms with Gasteiger partial charge in [-0.2, -0.15) is 0 Å². The highest BCUT2D eigenvalue weighted by molar-refractivity contribution is 5.90. The SMILES string of the molecule is CCC(C)(C)NC(=O)[C@H](c1cccc(OC)c1OC)N(Cc1ccco1)C(=O)Cn1nnc2ccccc21. The van der Waals surface area contributed by atoms with E-state index in [1.807, 2.05) is 45.0 Å². The van der Waals surface area contributed by atoms with E-state index in [-0.39, 0.29) is 24.9 Å². The Kier molecular flexibility index (Phi) is 7.99. The fourth-order valence-electron chi connectivity index (χ4n) is 4.22. The second kappa shape index (κ2) is 11.4. The quantitative estimate of drug-likeness (QED) is 0.317. The number of rotatable bonds is 11. The summed E-state index contributed by atoms with van der Waals surface area (Å²) in [5.41, 5.74) is 1.36. The summed E-state index contributed by atoms with van der Waals surface area (Å²) in [6, 6.07) is 15.1. The number of methoxy groups -OCH3 is 2. The zero-order valence-corrected chi connectivity index (χ0v) is 22.3. The van der Waals surface area contributed by atoms with Crippen molar-refractivity contribution in [1.29, 1.82) is 0 Å². The summed E-state index contributed by atoms with van der Waals surface area (Å²) in [4.78, 5) is 29.5. The molecule has 2 heterocycles. The molecule has 10 heteroatoms. The minimum absolute atomic E-state index is 0.0451. The lowest BCUT2D eigenvalue weighted by atomic mass is 9.97. The first-order valence-electron chi connectivity index (χ1n) is 12.4. The molecule has 1 atom stereocenters. The number of para-hydroxylation sites is 2. The van der Waals surface area contributed by atoms with Crippen LogP contribution in [0.1, 0.15) is 44.6 Å². The minimum Gasteiger partial charge on any atom is -0.493 e. The summed E-state index contributed by atoms with van der Waals surface area (Å²) in [5, 5.41) is 11.4. The fraction of sp³-hybridized carbons (Fsp3) is 0.357. The number of furan rings is 1. The number of aromatic nitrogens is 3. The number of nitrogens with zero attached hydrogens (tertiary/aromatic N) is 4. The van der Waals surface area contributed by atoms with Crippen molar-refractivity contribution in [3.63, 3.8) is 0 Å². The molecule has 2 amide bonds. The summed E-state index contributed by atoms with van der Waals surface area (Å²) in [6.45, 7) is 5.77. The molecule has 0 aliphatic carbocycles. The van der Waals surface area contributed by atoms with Crippen LogP contribution in [0.4, 0.5) is 0 Å². The molecule has 1 N–H and O–H groups in total. The minimum atomic E-state index is -1.06. The molecule has 0 saturated carbocycles. The average molecular weight is 520 g/mol. The van der Waals surface area contributed by atoms with Crippen molar-refractivity contribution in [2.75, 3.05) is 14.2 Å². The van der Waals surface area contributed by atoms with Gasteiger partial charge in [-0.05, 0) is 50.6 Å². The van der Waals surface area contributed by atoms with Crippen molar-refractivity contribution in [3.05, 3.63) is 72.2 Å². The number of benzene rings is 2.